The van der Waals surface area contributed by atoms with Crippen LogP contribution in [-0.4, -0.2) is 24.2 Å². The van der Waals surface area contributed by atoms with E-state index in [9.17, 15) is 9.59 Å². The number of rotatable bonds is 2. The van der Waals surface area contributed by atoms with Gasteiger partial charge in [-0.15, -0.1) is 0 Å². The maximum absolute atomic E-state index is 10.8. The molecule has 0 aromatic rings. The first-order valence-electron chi connectivity index (χ1n) is 3.25. The van der Waals surface area contributed by atoms with Gasteiger partial charge in [0.1, 0.15) is 6.04 Å². The highest BCUT2D eigenvalue weighted by Crippen LogP contribution is 2.00. The van der Waals surface area contributed by atoms with Crippen molar-refractivity contribution in [3.05, 3.63) is 12.2 Å². The number of ketones is 2. The number of carbonyl (C=O) groups is 2. The van der Waals surface area contributed by atoms with Crippen LogP contribution in [0.1, 0.15) is 6.92 Å². The molecule has 0 aliphatic heterocycles. The first-order chi connectivity index (χ1) is 4.75. The highest BCUT2D eigenvalue weighted by molar-refractivity contribution is 6.21. The van der Waals surface area contributed by atoms with Crippen molar-refractivity contribution in [1.82, 2.24) is 5.32 Å². The third-order valence-corrected chi connectivity index (χ3v) is 1.39. The summed E-state index contributed by atoms with van der Waals surface area (Å²) in [5.41, 5.74) is 0. The van der Waals surface area contributed by atoms with E-state index in [-0.39, 0.29) is 11.6 Å². The van der Waals surface area contributed by atoms with Gasteiger partial charge in [-0.25, -0.2) is 0 Å². The van der Waals surface area contributed by atoms with Gasteiger partial charge < -0.3 is 5.32 Å². The van der Waals surface area contributed by atoms with E-state index in [2.05, 4.69) is 5.32 Å². The fourth-order valence-corrected chi connectivity index (χ4v) is 0.902. The molecule has 3 heteroatoms. The summed E-state index contributed by atoms with van der Waals surface area (Å²) in [5, 5.41) is 2.78. The number of hydrogen-bond donors (Lipinski definition) is 1. The number of likely N-dealkylation sites (N-methyl/N-ethyl adjacent to an activating group) is 1. The lowest BCUT2D eigenvalue weighted by Crippen LogP contribution is -2.38. The quantitative estimate of drug-likeness (QED) is 0.533. The minimum Gasteiger partial charge on any atom is -0.301 e. The molecular formula is C7H9NO2. The van der Waals surface area contributed by atoms with Crippen LogP contribution in [0.3, 0.4) is 0 Å². The molecule has 1 aliphatic carbocycles. The molecule has 1 rings (SSSR count). The minimum absolute atomic E-state index is 0.133. The number of carbonyl (C=O) groups excluding carboxylic acids is 2. The minimum atomic E-state index is -0.593. The molecule has 1 aliphatic rings. The van der Waals surface area contributed by atoms with Crippen LogP contribution in [-0.2, 0) is 9.59 Å². The van der Waals surface area contributed by atoms with Crippen molar-refractivity contribution in [3.63, 3.8) is 0 Å². The summed E-state index contributed by atoms with van der Waals surface area (Å²) >= 11 is 0. The Balaban J connectivity index is 2.60. The van der Waals surface area contributed by atoms with Gasteiger partial charge in [0, 0.05) is 0 Å². The molecule has 0 bridgehead atoms. The van der Waals surface area contributed by atoms with E-state index in [1.165, 1.54) is 12.2 Å². The van der Waals surface area contributed by atoms with Gasteiger partial charge in [0.25, 0.3) is 0 Å². The molecule has 0 fully saturated rings. The number of nitrogens with one attached hydrogen (secondary N) is 1. The van der Waals surface area contributed by atoms with E-state index < -0.39 is 6.04 Å². The van der Waals surface area contributed by atoms with Crippen molar-refractivity contribution in [2.45, 2.75) is 13.0 Å². The molecule has 10 heavy (non-hydrogen) atoms. The van der Waals surface area contributed by atoms with Crippen LogP contribution in [0.5, 0.6) is 0 Å². The average molecular weight is 139 g/mol. The normalized spacial score (nSPS) is 18.9. The molecule has 0 saturated heterocycles. The van der Waals surface area contributed by atoms with Gasteiger partial charge in [-0.3, -0.25) is 9.59 Å². The Bertz CT molecular complexity index is 178. The lowest BCUT2D eigenvalue weighted by Gasteiger charge is -2.05. The van der Waals surface area contributed by atoms with Gasteiger partial charge in [0.15, 0.2) is 11.6 Å². The first-order valence-corrected chi connectivity index (χ1v) is 3.25. The largest absolute Gasteiger partial charge is 0.301 e. The zero-order valence-electron chi connectivity index (χ0n) is 5.76. The number of hydrogen-bond acceptors (Lipinski definition) is 3. The predicted octanol–water partition coefficient (Wildman–Crippen LogP) is -0.328. The van der Waals surface area contributed by atoms with Gasteiger partial charge in [0.2, 0.25) is 0 Å². The summed E-state index contributed by atoms with van der Waals surface area (Å²) in [6, 6.07) is -0.593. The van der Waals surface area contributed by atoms with Crippen LogP contribution in [0, 0.1) is 0 Å². The van der Waals surface area contributed by atoms with E-state index in [4.69, 9.17) is 0 Å². The molecule has 0 amide bonds. The molecular weight excluding hydrogens is 130 g/mol. The van der Waals surface area contributed by atoms with E-state index in [1.54, 1.807) is 0 Å². The molecule has 0 aromatic heterocycles. The smallest absolute Gasteiger partial charge is 0.180 e. The van der Waals surface area contributed by atoms with Crippen LogP contribution in [0.2, 0.25) is 0 Å². The SMILES string of the molecule is CCNC1C(=O)C=CC1=O. The zero-order chi connectivity index (χ0) is 7.56. The van der Waals surface area contributed by atoms with Gasteiger partial charge in [-0.2, -0.15) is 0 Å². The van der Waals surface area contributed by atoms with E-state index in [0.717, 1.165) is 0 Å². The standard InChI is InChI=1S/C7H9NO2/c1-2-8-7-5(9)3-4-6(7)10/h3-4,7-8H,2H2,1H3. The second-order valence-corrected chi connectivity index (χ2v) is 2.13. The summed E-state index contributed by atoms with van der Waals surface area (Å²) in [7, 11) is 0. The fourth-order valence-electron chi connectivity index (χ4n) is 0.902. The third kappa shape index (κ3) is 1.14. The molecule has 0 saturated carbocycles. The fraction of sp³-hybridized carbons (Fsp3) is 0.429. The molecule has 54 valence electrons. The van der Waals surface area contributed by atoms with Gasteiger partial charge in [-0.05, 0) is 18.7 Å². The Morgan fingerprint density at radius 3 is 2.30 bits per heavy atom. The van der Waals surface area contributed by atoms with Crippen molar-refractivity contribution >= 4 is 11.6 Å². The van der Waals surface area contributed by atoms with Gasteiger partial charge in [-0.1, -0.05) is 6.92 Å². The van der Waals surface area contributed by atoms with Crippen molar-refractivity contribution in [3.8, 4) is 0 Å². The van der Waals surface area contributed by atoms with Crippen molar-refractivity contribution in [2.24, 2.45) is 0 Å². The van der Waals surface area contributed by atoms with Gasteiger partial charge in [0.05, 0.1) is 0 Å². The predicted molar refractivity (Wildman–Crippen MR) is 36.6 cm³/mol. The third-order valence-electron chi connectivity index (χ3n) is 1.39. The van der Waals surface area contributed by atoms with Crippen molar-refractivity contribution < 1.29 is 9.59 Å². The maximum Gasteiger partial charge on any atom is 0.180 e. The first kappa shape index (κ1) is 7.15. The van der Waals surface area contributed by atoms with Crippen LogP contribution in [0.25, 0.3) is 0 Å². The Morgan fingerprint density at radius 1 is 1.40 bits per heavy atom. The molecule has 0 spiro atoms. The average Bonchev–Trinajstić information content (AvgIpc) is 2.20. The van der Waals surface area contributed by atoms with Crippen LogP contribution >= 0.6 is 0 Å². The highest BCUT2D eigenvalue weighted by atomic mass is 16.2. The molecule has 0 aromatic carbocycles. The topological polar surface area (TPSA) is 46.2 Å². The maximum atomic E-state index is 10.8. The van der Waals surface area contributed by atoms with Gasteiger partial charge >= 0.3 is 0 Å². The van der Waals surface area contributed by atoms with Crippen molar-refractivity contribution in [2.75, 3.05) is 6.54 Å². The van der Waals surface area contributed by atoms with Crippen LogP contribution in [0.4, 0.5) is 0 Å². The van der Waals surface area contributed by atoms with Crippen LogP contribution in [0.15, 0.2) is 12.2 Å². The molecule has 0 heterocycles. The lowest BCUT2D eigenvalue weighted by atomic mass is 10.2. The Morgan fingerprint density at radius 2 is 1.90 bits per heavy atom. The van der Waals surface area contributed by atoms with E-state index in [1.807, 2.05) is 6.92 Å². The summed E-state index contributed by atoms with van der Waals surface area (Å²) in [5.74, 6) is -0.265. The summed E-state index contributed by atoms with van der Waals surface area (Å²) in [4.78, 5) is 21.6. The molecule has 1 N–H and O–H groups in total. The molecule has 0 radical (unpaired) electrons. The lowest BCUT2D eigenvalue weighted by molar-refractivity contribution is -0.123. The summed E-state index contributed by atoms with van der Waals surface area (Å²) in [6.45, 7) is 2.50. The molecule has 0 unspecified atom stereocenters. The highest BCUT2D eigenvalue weighted by Gasteiger charge is 2.26. The molecule has 3 nitrogen and oxygen atoms in total. The van der Waals surface area contributed by atoms with E-state index in [0.29, 0.717) is 6.54 Å². The second-order valence-electron chi connectivity index (χ2n) is 2.13. The summed E-state index contributed by atoms with van der Waals surface area (Å²) < 4.78 is 0. The Hall–Kier alpha value is -0.960. The second kappa shape index (κ2) is 2.75. The van der Waals surface area contributed by atoms with Crippen LogP contribution < -0.4 is 5.32 Å². The Kier molecular flexibility index (Phi) is 1.97. The molecule has 0 atom stereocenters. The monoisotopic (exact) mass is 139 g/mol. The van der Waals surface area contributed by atoms with E-state index >= 15 is 0 Å². The Labute approximate surface area is 59.1 Å². The summed E-state index contributed by atoms with van der Waals surface area (Å²) in [6.07, 6.45) is 2.63. The zero-order valence-corrected chi connectivity index (χ0v) is 5.76. The van der Waals surface area contributed by atoms with Crippen molar-refractivity contribution in [1.29, 1.82) is 0 Å².